The van der Waals surface area contributed by atoms with Gasteiger partial charge in [0.2, 0.25) is 0 Å². The van der Waals surface area contributed by atoms with Crippen LogP contribution in [0.5, 0.6) is 0 Å². The van der Waals surface area contributed by atoms with Crippen molar-refractivity contribution in [2.45, 2.75) is 108 Å². The van der Waals surface area contributed by atoms with E-state index in [9.17, 15) is 0 Å². The minimum atomic E-state index is -2.08. The van der Waals surface area contributed by atoms with E-state index in [0.29, 0.717) is 0 Å². The van der Waals surface area contributed by atoms with Crippen molar-refractivity contribution in [2.75, 3.05) is 0 Å². The summed E-state index contributed by atoms with van der Waals surface area (Å²) in [6.45, 7) is 4.65. The Hall–Kier alpha value is 1.26. The average Bonchev–Trinajstić information content (AvgIpc) is 3.12. The van der Waals surface area contributed by atoms with Gasteiger partial charge in [-0.25, -0.2) is 0 Å². The summed E-state index contributed by atoms with van der Waals surface area (Å²) < 4.78 is 7.26. The Labute approximate surface area is 191 Å². The summed E-state index contributed by atoms with van der Waals surface area (Å²) in [7, 11) is 0. The first kappa shape index (κ1) is 25.5. The maximum absolute atomic E-state index is 2.63. The molecule has 2 aromatic rings. The quantitative estimate of drug-likeness (QED) is 0.163. The first-order valence-corrected chi connectivity index (χ1v) is 33.3. The van der Waals surface area contributed by atoms with Gasteiger partial charge in [-0.05, 0) is 0 Å². The fourth-order valence-corrected chi connectivity index (χ4v) is 21.4. The maximum atomic E-state index is 2.63. The second-order valence-corrected chi connectivity index (χ2v) is 43.2. The molecule has 0 N–H and O–H groups in total. The van der Waals surface area contributed by atoms with Gasteiger partial charge in [0.15, 0.2) is 0 Å². The Morgan fingerprint density at radius 2 is 0.893 bits per heavy atom. The number of unbranched alkanes of at least 4 members (excludes halogenated alkanes) is 6. The van der Waals surface area contributed by atoms with E-state index in [0.717, 1.165) is 0 Å². The molecule has 0 saturated heterocycles. The summed E-state index contributed by atoms with van der Waals surface area (Å²) in [5.41, 5.74) is 3.64. The zero-order chi connectivity index (χ0) is 20.9. The summed E-state index contributed by atoms with van der Waals surface area (Å²) in [6, 6.07) is 0. The number of aryl methyl sites for hydroxylation is 2. The third-order valence-electron chi connectivity index (χ3n) is 5.63. The van der Waals surface area contributed by atoms with Crippen molar-refractivity contribution in [3.63, 3.8) is 0 Å². The molecule has 0 spiro atoms. The average molecular weight is 634 g/mol. The molecule has 0 saturated carbocycles. The SMILES string of the molecule is CCCCCCc1[c]([Sn]([CH3])([CH3])[CH3])sc2c(CCCCCC)[c]([Sn]([CH3])([CH3])[CH3])sc12. The second kappa shape index (κ2) is 11.2. The standard InChI is InChI=1S/C18H26S2.6CH3.2Sn/c1-3-5-7-9-11-15-13-19-18-16(14-20-17(15)18)12-10-8-6-4-2;;;;;;;;/h3-12H2,1-2H3;6*1H3;;. The first-order valence-electron chi connectivity index (χ1n) is 11.7. The molecule has 0 atom stereocenters. The summed E-state index contributed by atoms with van der Waals surface area (Å²) in [5.74, 6) is 0. The van der Waals surface area contributed by atoms with Crippen LogP contribution in [0.4, 0.5) is 0 Å². The fraction of sp³-hybridized carbons (Fsp3) is 0.750. The van der Waals surface area contributed by atoms with Gasteiger partial charge in [0.25, 0.3) is 0 Å². The van der Waals surface area contributed by atoms with E-state index < -0.39 is 36.8 Å². The molecule has 0 fully saturated rings. The van der Waals surface area contributed by atoms with Gasteiger partial charge in [0.05, 0.1) is 0 Å². The van der Waals surface area contributed by atoms with Crippen molar-refractivity contribution in [1.29, 1.82) is 0 Å². The van der Waals surface area contributed by atoms with Gasteiger partial charge in [0.1, 0.15) is 0 Å². The first-order chi connectivity index (χ1) is 13.1. The molecule has 2 rings (SSSR count). The van der Waals surface area contributed by atoms with Crippen LogP contribution < -0.4 is 5.79 Å². The molecular formula is C24H44S2Sn2. The van der Waals surface area contributed by atoms with Gasteiger partial charge in [-0.2, -0.15) is 0 Å². The molecule has 0 aliphatic rings. The van der Waals surface area contributed by atoms with Crippen molar-refractivity contribution >= 4 is 74.6 Å². The predicted molar refractivity (Wildman–Crippen MR) is 141 cm³/mol. The van der Waals surface area contributed by atoms with Gasteiger partial charge < -0.3 is 0 Å². The number of hydrogen-bond acceptors (Lipinski definition) is 2. The van der Waals surface area contributed by atoms with E-state index in [-0.39, 0.29) is 0 Å². The van der Waals surface area contributed by atoms with Gasteiger partial charge in [0, 0.05) is 0 Å². The Morgan fingerprint density at radius 3 is 1.18 bits per heavy atom. The van der Waals surface area contributed by atoms with Gasteiger partial charge in [-0.15, -0.1) is 0 Å². The van der Waals surface area contributed by atoms with Crippen molar-refractivity contribution in [1.82, 2.24) is 0 Å². The summed E-state index contributed by atoms with van der Waals surface area (Å²) in [6.07, 6.45) is 13.8. The van der Waals surface area contributed by atoms with Gasteiger partial charge >= 0.3 is 193 Å². The number of hydrogen-bond donors (Lipinski definition) is 0. The molecule has 0 bridgehead atoms. The Bertz CT molecular complexity index is 677. The van der Waals surface area contributed by atoms with E-state index in [1.165, 1.54) is 64.2 Å². The second-order valence-electron chi connectivity index (χ2n) is 10.6. The molecule has 0 amide bonds. The zero-order valence-electron chi connectivity index (χ0n) is 19.9. The molecule has 0 aliphatic carbocycles. The normalized spacial score (nSPS) is 13.0. The van der Waals surface area contributed by atoms with Crippen LogP contribution in [0, 0.1) is 0 Å². The minimum absolute atomic E-state index is 1.34. The molecule has 0 unspecified atom stereocenters. The molecule has 0 aliphatic heterocycles. The van der Waals surface area contributed by atoms with Gasteiger partial charge in [-0.3, -0.25) is 0 Å². The predicted octanol–water partition coefficient (Wildman–Crippen LogP) is 8.30. The Balaban J connectivity index is 2.48. The van der Waals surface area contributed by atoms with Crippen LogP contribution in [0.15, 0.2) is 0 Å². The van der Waals surface area contributed by atoms with Crippen LogP contribution in [0.1, 0.15) is 76.3 Å². The van der Waals surface area contributed by atoms with E-state index in [4.69, 9.17) is 0 Å². The van der Waals surface area contributed by atoms with Crippen LogP contribution >= 0.6 is 22.7 Å². The van der Waals surface area contributed by atoms with E-state index >= 15 is 0 Å². The van der Waals surface area contributed by atoms with Crippen LogP contribution in [0.25, 0.3) is 9.40 Å². The molecule has 2 aromatic heterocycles. The fourth-order valence-electron chi connectivity index (χ4n) is 4.15. The number of fused-ring (bicyclic) bond motifs is 1. The Morgan fingerprint density at radius 1 is 0.536 bits per heavy atom. The molecule has 160 valence electrons. The van der Waals surface area contributed by atoms with Gasteiger partial charge in [-0.1, -0.05) is 0 Å². The molecule has 28 heavy (non-hydrogen) atoms. The van der Waals surface area contributed by atoms with Crippen LogP contribution in [0.3, 0.4) is 0 Å². The molecule has 2 heterocycles. The summed E-state index contributed by atoms with van der Waals surface area (Å²) in [5, 5.41) is 0. The Kier molecular flexibility index (Phi) is 10.2. The van der Waals surface area contributed by atoms with Crippen molar-refractivity contribution < 1.29 is 0 Å². The zero-order valence-corrected chi connectivity index (χ0v) is 27.2. The van der Waals surface area contributed by atoms with E-state index in [1.807, 2.05) is 16.9 Å². The number of thiophene rings is 2. The molecule has 4 heteroatoms. The van der Waals surface area contributed by atoms with Crippen molar-refractivity contribution in [2.24, 2.45) is 0 Å². The summed E-state index contributed by atoms with van der Waals surface area (Å²) >= 11 is 0.366. The van der Waals surface area contributed by atoms with Crippen molar-refractivity contribution in [3.05, 3.63) is 11.1 Å². The topological polar surface area (TPSA) is 0 Å². The molecule has 0 nitrogen and oxygen atoms in total. The van der Waals surface area contributed by atoms with Crippen LogP contribution in [-0.2, 0) is 12.8 Å². The van der Waals surface area contributed by atoms with E-state index in [2.05, 4.69) is 66.2 Å². The van der Waals surface area contributed by atoms with Crippen LogP contribution in [0.2, 0.25) is 29.6 Å². The molecule has 0 aromatic carbocycles. The summed E-state index contributed by atoms with van der Waals surface area (Å²) in [4.78, 5) is 15.8. The van der Waals surface area contributed by atoms with Crippen LogP contribution in [-0.4, -0.2) is 36.8 Å². The third-order valence-corrected chi connectivity index (χ3v) is 27.4. The third kappa shape index (κ3) is 6.63. The molecular weight excluding hydrogens is 590 g/mol. The number of rotatable bonds is 12. The monoisotopic (exact) mass is 636 g/mol. The molecule has 0 radical (unpaired) electrons. The van der Waals surface area contributed by atoms with E-state index in [1.54, 1.807) is 9.40 Å². The van der Waals surface area contributed by atoms with Crippen molar-refractivity contribution in [3.8, 4) is 0 Å².